The summed E-state index contributed by atoms with van der Waals surface area (Å²) in [7, 11) is -2.72. The van der Waals surface area contributed by atoms with Crippen molar-refractivity contribution in [3.8, 4) is 0 Å². The summed E-state index contributed by atoms with van der Waals surface area (Å²) >= 11 is 15.8. The molecule has 3 aromatic rings. The summed E-state index contributed by atoms with van der Waals surface area (Å²) < 4.78 is 29.1. The number of hydrogen-bond donors (Lipinski definition) is 1. The van der Waals surface area contributed by atoms with Gasteiger partial charge in [-0.1, -0.05) is 69.5 Å². The highest BCUT2D eigenvalue weighted by atomic mass is 79.9. The van der Waals surface area contributed by atoms with E-state index in [9.17, 15) is 18.0 Å². The average Bonchev–Trinajstić information content (AvgIpc) is 2.86. The molecule has 1 N–H and O–H groups in total. The maximum Gasteiger partial charge on any atom is 0.264 e. The lowest BCUT2D eigenvalue weighted by Crippen LogP contribution is -2.50. The summed E-state index contributed by atoms with van der Waals surface area (Å²) in [5.41, 5.74) is 0.860. The first-order valence-electron chi connectivity index (χ1n) is 10.8. The van der Waals surface area contributed by atoms with Crippen molar-refractivity contribution in [3.05, 3.63) is 92.9 Å². The molecule has 190 valence electrons. The Balaban J connectivity index is 2.05. The van der Waals surface area contributed by atoms with Crippen molar-refractivity contribution >= 4 is 66.7 Å². The zero-order valence-electron chi connectivity index (χ0n) is 19.5. The summed E-state index contributed by atoms with van der Waals surface area (Å²) in [5, 5.41) is 2.92. The summed E-state index contributed by atoms with van der Waals surface area (Å²) in [6.07, 6.45) is 0. The van der Waals surface area contributed by atoms with E-state index < -0.39 is 28.5 Å². The normalized spacial score (nSPS) is 12.0. The number of rotatable bonds is 9. The monoisotopic (exact) mass is 611 g/mol. The van der Waals surface area contributed by atoms with E-state index in [1.165, 1.54) is 42.3 Å². The molecule has 3 aromatic carbocycles. The third-order valence-corrected chi connectivity index (χ3v) is 8.31. The number of carbonyl (C=O) groups is 2. The second kappa shape index (κ2) is 12.1. The number of carbonyl (C=O) groups excluding carboxylic acids is 2. The lowest BCUT2D eigenvalue weighted by Gasteiger charge is -2.32. The van der Waals surface area contributed by atoms with E-state index in [4.69, 9.17) is 23.2 Å². The summed E-state index contributed by atoms with van der Waals surface area (Å²) in [5.74, 6) is -0.970. The van der Waals surface area contributed by atoms with Gasteiger partial charge in [0, 0.05) is 23.1 Å². The minimum atomic E-state index is -4.20. The molecule has 0 aliphatic rings. The van der Waals surface area contributed by atoms with E-state index in [2.05, 4.69) is 21.2 Å². The highest BCUT2D eigenvalue weighted by molar-refractivity contribution is 9.10. The van der Waals surface area contributed by atoms with Gasteiger partial charge in [-0.05, 0) is 55.0 Å². The zero-order valence-corrected chi connectivity index (χ0v) is 23.4. The molecule has 1 atom stereocenters. The first-order chi connectivity index (χ1) is 17.0. The minimum absolute atomic E-state index is 0.0115. The van der Waals surface area contributed by atoms with Crippen LogP contribution in [0.5, 0.6) is 0 Å². The predicted molar refractivity (Wildman–Crippen MR) is 146 cm³/mol. The molecule has 0 radical (unpaired) electrons. The van der Waals surface area contributed by atoms with E-state index in [0.29, 0.717) is 5.02 Å². The maximum atomic E-state index is 13.7. The van der Waals surface area contributed by atoms with Gasteiger partial charge in [0.2, 0.25) is 11.8 Å². The van der Waals surface area contributed by atoms with Crippen LogP contribution >= 0.6 is 39.1 Å². The number of likely N-dealkylation sites (N-methyl/N-ethyl adjacent to an activating group) is 1. The molecule has 11 heteroatoms. The molecule has 0 aliphatic carbocycles. The van der Waals surface area contributed by atoms with Crippen LogP contribution in [0.25, 0.3) is 0 Å². The molecule has 0 fully saturated rings. The Hall–Kier alpha value is -2.59. The molecule has 3 rings (SSSR count). The van der Waals surface area contributed by atoms with E-state index in [-0.39, 0.29) is 28.1 Å². The van der Waals surface area contributed by atoms with Crippen LogP contribution in [0, 0.1) is 0 Å². The van der Waals surface area contributed by atoms with Crippen LogP contribution in [-0.2, 0) is 26.2 Å². The number of nitrogens with zero attached hydrogens (tertiary/aromatic N) is 2. The molecule has 0 saturated carbocycles. The van der Waals surface area contributed by atoms with Crippen LogP contribution < -0.4 is 9.62 Å². The molecule has 7 nitrogen and oxygen atoms in total. The van der Waals surface area contributed by atoms with Gasteiger partial charge in [0.15, 0.2) is 0 Å². The molecule has 0 heterocycles. The Kier molecular flexibility index (Phi) is 9.41. The molecule has 0 spiro atoms. The number of hydrogen-bond acceptors (Lipinski definition) is 4. The van der Waals surface area contributed by atoms with Crippen LogP contribution in [0.4, 0.5) is 5.69 Å². The van der Waals surface area contributed by atoms with Crippen molar-refractivity contribution in [3.63, 3.8) is 0 Å². The highest BCUT2D eigenvalue weighted by Crippen LogP contribution is 2.33. The molecule has 0 bridgehead atoms. The van der Waals surface area contributed by atoms with Gasteiger partial charge in [0.05, 0.1) is 15.6 Å². The van der Waals surface area contributed by atoms with Crippen molar-refractivity contribution in [2.24, 2.45) is 0 Å². The van der Waals surface area contributed by atoms with Gasteiger partial charge in [-0.3, -0.25) is 13.9 Å². The van der Waals surface area contributed by atoms with Gasteiger partial charge in [0.25, 0.3) is 10.0 Å². The molecule has 0 aromatic heterocycles. The fourth-order valence-corrected chi connectivity index (χ4v) is 5.77. The van der Waals surface area contributed by atoms with Crippen molar-refractivity contribution in [1.82, 2.24) is 10.2 Å². The fraction of sp³-hybridized carbons (Fsp3) is 0.200. The topological polar surface area (TPSA) is 86.8 Å². The Bertz CT molecular complexity index is 1340. The van der Waals surface area contributed by atoms with Crippen molar-refractivity contribution in [1.29, 1.82) is 0 Å². The highest BCUT2D eigenvalue weighted by Gasteiger charge is 2.33. The standard InChI is InChI=1S/C25H24BrCl2N3O4S/c1-17(25(33)29-2)30(15-18-8-10-19(26)11-9-18)24(32)16-31(23-13-12-20(27)14-22(23)28)36(34,35)21-6-4-3-5-7-21/h3-14,17H,15-16H2,1-2H3,(H,29,33)/t17-/m1/s1. The second-order valence-corrected chi connectivity index (χ2v) is 11.5. The fourth-order valence-electron chi connectivity index (χ4n) is 3.49. The summed E-state index contributed by atoms with van der Waals surface area (Å²) in [6.45, 7) is 1.09. The number of anilines is 1. The first kappa shape index (κ1) is 28.0. The molecule has 2 amide bonds. The van der Waals surface area contributed by atoms with Crippen molar-refractivity contribution in [2.75, 3.05) is 17.9 Å². The van der Waals surface area contributed by atoms with Crippen LogP contribution in [0.1, 0.15) is 12.5 Å². The van der Waals surface area contributed by atoms with Crippen molar-refractivity contribution < 1.29 is 18.0 Å². The molecule has 0 unspecified atom stereocenters. The Morgan fingerprint density at radius 1 is 1.00 bits per heavy atom. The summed E-state index contributed by atoms with van der Waals surface area (Å²) in [6, 6.07) is 18.5. The molecule has 0 saturated heterocycles. The minimum Gasteiger partial charge on any atom is -0.357 e. The number of nitrogens with one attached hydrogen (secondary N) is 1. The Morgan fingerprint density at radius 2 is 1.64 bits per heavy atom. The van der Waals surface area contributed by atoms with Gasteiger partial charge < -0.3 is 10.2 Å². The van der Waals surface area contributed by atoms with Crippen LogP contribution in [0.3, 0.4) is 0 Å². The predicted octanol–water partition coefficient (Wildman–Crippen LogP) is 5.11. The van der Waals surface area contributed by atoms with E-state index in [1.807, 2.05) is 24.3 Å². The number of amides is 2. The van der Waals surface area contributed by atoms with E-state index in [1.54, 1.807) is 25.1 Å². The third-order valence-electron chi connectivity index (χ3n) is 5.47. The Morgan fingerprint density at radius 3 is 2.22 bits per heavy atom. The SMILES string of the molecule is CNC(=O)[C@@H](C)N(Cc1ccc(Br)cc1)C(=O)CN(c1ccc(Cl)cc1Cl)S(=O)(=O)c1ccccc1. The van der Waals surface area contributed by atoms with Gasteiger partial charge in [-0.2, -0.15) is 0 Å². The number of sulfonamides is 1. The van der Waals surface area contributed by atoms with E-state index in [0.717, 1.165) is 14.3 Å². The zero-order chi connectivity index (χ0) is 26.5. The van der Waals surface area contributed by atoms with Crippen LogP contribution in [-0.4, -0.2) is 44.8 Å². The first-order valence-corrected chi connectivity index (χ1v) is 13.8. The van der Waals surface area contributed by atoms with Crippen LogP contribution in [0.2, 0.25) is 10.0 Å². The summed E-state index contributed by atoms with van der Waals surface area (Å²) in [4.78, 5) is 27.5. The van der Waals surface area contributed by atoms with Gasteiger partial charge in [-0.25, -0.2) is 8.42 Å². The lowest BCUT2D eigenvalue weighted by molar-refractivity contribution is -0.139. The van der Waals surface area contributed by atoms with Crippen LogP contribution in [0.15, 0.2) is 82.2 Å². The van der Waals surface area contributed by atoms with Gasteiger partial charge in [0.1, 0.15) is 12.6 Å². The molecular formula is C25H24BrCl2N3O4S. The Labute approximate surface area is 229 Å². The smallest absolute Gasteiger partial charge is 0.264 e. The molecule has 36 heavy (non-hydrogen) atoms. The molecular weight excluding hydrogens is 589 g/mol. The maximum absolute atomic E-state index is 13.7. The lowest BCUT2D eigenvalue weighted by atomic mass is 10.1. The van der Waals surface area contributed by atoms with E-state index >= 15 is 0 Å². The molecule has 0 aliphatic heterocycles. The van der Waals surface area contributed by atoms with Gasteiger partial charge in [-0.15, -0.1) is 0 Å². The number of benzene rings is 3. The average molecular weight is 613 g/mol. The van der Waals surface area contributed by atoms with Crippen molar-refractivity contribution in [2.45, 2.75) is 24.4 Å². The largest absolute Gasteiger partial charge is 0.357 e. The van der Waals surface area contributed by atoms with Gasteiger partial charge >= 0.3 is 0 Å². The number of halogens is 3. The second-order valence-electron chi connectivity index (χ2n) is 7.86. The third kappa shape index (κ3) is 6.59. The quantitative estimate of drug-likeness (QED) is 0.364.